The standard InChI is InChI=1S/C47H29N3OS/c1-3-11-30(12-4-1)47-48-46-36-23-20-33(27-31(36)19-26-43(46)51-47)49(35-21-24-39-38-16-8-10-18-44(38)52-45(39)29-35)34-22-25-42-40(28-34)37-15-7-9-17-41(37)50(42)32-13-5-2-6-14-32/h1-29H. The summed E-state index contributed by atoms with van der Waals surface area (Å²) in [5.41, 5.74) is 9.42. The maximum absolute atomic E-state index is 6.23. The molecule has 8 aromatic carbocycles. The predicted octanol–water partition coefficient (Wildman–Crippen LogP) is 13.6. The van der Waals surface area contributed by atoms with E-state index in [-0.39, 0.29) is 0 Å². The largest absolute Gasteiger partial charge is 0.436 e. The number of rotatable bonds is 5. The van der Waals surface area contributed by atoms with Gasteiger partial charge in [-0.15, -0.1) is 11.3 Å². The van der Waals surface area contributed by atoms with Gasteiger partial charge in [0.25, 0.3) is 0 Å². The fourth-order valence-electron chi connectivity index (χ4n) is 7.81. The summed E-state index contributed by atoms with van der Waals surface area (Å²) in [6, 6.07) is 62.7. The quantitative estimate of drug-likeness (QED) is 0.181. The Kier molecular flexibility index (Phi) is 6.39. The van der Waals surface area contributed by atoms with Gasteiger partial charge in [-0.3, -0.25) is 0 Å². The molecule has 11 rings (SSSR count). The van der Waals surface area contributed by atoms with Gasteiger partial charge in [0.15, 0.2) is 5.58 Å². The van der Waals surface area contributed by atoms with E-state index < -0.39 is 0 Å². The Balaban J connectivity index is 1.13. The monoisotopic (exact) mass is 683 g/mol. The topological polar surface area (TPSA) is 34.2 Å². The van der Waals surface area contributed by atoms with Crippen molar-refractivity contribution in [2.24, 2.45) is 0 Å². The molecular weight excluding hydrogens is 655 g/mol. The van der Waals surface area contributed by atoms with Crippen LogP contribution in [0.4, 0.5) is 17.1 Å². The van der Waals surface area contributed by atoms with E-state index in [0.29, 0.717) is 5.89 Å². The van der Waals surface area contributed by atoms with Gasteiger partial charge >= 0.3 is 0 Å². The van der Waals surface area contributed by atoms with Crippen molar-refractivity contribution in [3.8, 4) is 17.1 Å². The highest BCUT2D eigenvalue weighted by atomic mass is 32.1. The number of thiophene rings is 1. The van der Waals surface area contributed by atoms with Crippen molar-refractivity contribution >= 4 is 92.2 Å². The molecule has 3 heterocycles. The highest BCUT2D eigenvalue weighted by Gasteiger charge is 2.20. The fourth-order valence-corrected chi connectivity index (χ4v) is 8.95. The first-order valence-electron chi connectivity index (χ1n) is 17.5. The zero-order valence-corrected chi connectivity index (χ0v) is 28.7. The lowest BCUT2D eigenvalue weighted by Gasteiger charge is -2.26. The molecule has 0 N–H and O–H groups in total. The summed E-state index contributed by atoms with van der Waals surface area (Å²) < 4.78 is 11.2. The Morgan fingerprint density at radius 2 is 1.13 bits per heavy atom. The van der Waals surface area contributed by atoms with Gasteiger partial charge in [-0.1, -0.05) is 84.9 Å². The van der Waals surface area contributed by atoms with Gasteiger partial charge in [0, 0.05) is 64.6 Å². The van der Waals surface area contributed by atoms with E-state index in [1.54, 1.807) is 0 Å². The molecule has 0 bridgehead atoms. The third-order valence-corrected chi connectivity index (χ3v) is 11.3. The van der Waals surface area contributed by atoms with E-state index in [9.17, 15) is 0 Å². The van der Waals surface area contributed by atoms with Crippen molar-refractivity contribution in [2.75, 3.05) is 4.90 Å². The molecule has 0 atom stereocenters. The van der Waals surface area contributed by atoms with Gasteiger partial charge in [-0.05, 0) is 96.4 Å². The lowest BCUT2D eigenvalue weighted by Crippen LogP contribution is -2.10. The highest BCUT2D eigenvalue weighted by molar-refractivity contribution is 7.25. The highest BCUT2D eigenvalue weighted by Crippen LogP contribution is 2.44. The molecule has 0 aliphatic rings. The second-order valence-corrected chi connectivity index (χ2v) is 14.3. The maximum atomic E-state index is 6.23. The SMILES string of the molecule is c1ccc(-c2nc3c(ccc4cc(N(c5ccc6c(c5)sc5ccccc56)c5ccc6c(c5)c5ccccc5n6-c5ccccc5)ccc43)o2)cc1. The molecular formula is C47H29N3OS. The molecule has 52 heavy (non-hydrogen) atoms. The molecule has 3 aromatic heterocycles. The van der Waals surface area contributed by atoms with E-state index in [4.69, 9.17) is 9.40 Å². The Bertz CT molecular complexity index is 3140. The molecule has 244 valence electrons. The molecule has 0 saturated heterocycles. The van der Waals surface area contributed by atoms with Crippen LogP contribution >= 0.6 is 11.3 Å². The number of nitrogens with zero attached hydrogens (tertiary/aromatic N) is 3. The van der Waals surface area contributed by atoms with Crippen LogP contribution in [0.2, 0.25) is 0 Å². The minimum absolute atomic E-state index is 0.633. The Morgan fingerprint density at radius 3 is 2.00 bits per heavy atom. The molecule has 0 radical (unpaired) electrons. The molecule has 11 aromatic rings. The van der Waals surface area contributed by atoms with Crippen molar-refractivity contribution in [1.82, 2.24) is 9.55 Å². The van der Waals surface area contributed by atoms with Crippen molar-refractivity contribution in [2.45, 2.75) is 0 Å². The molecule has 0 aliphatic heterocycles. The maximum Gasteiger partial charge on any atom is 0.227 e. The van der Waals surface area contributed by atoms with Gasteiger partial charge in [0.1, 0.15) is 5.52 Å². The van der Waals surface area contributed by atoms with Crippen LogP contribution in [0, 0.1) is 0 Å². The third kappa shape index (κ3) is 4.50. The van der Waals surface area contributed by atoms with Gasteiger partial charge in [0.2, 0.25) is 5.89 Å². The zero-order chi connectivity index (χ0) is 34.2. The van der Waals surface area contributed by atoms with Crippen LogP contribution in [0.25, 0.3) is 81.0 Å². The number of anilines is 3. The van der Waals surface area contributed by atoms with Gasteiger partial charge in [-0.25, -0.2) is 4.98 Å². The minimum Gasteiger partial charge on any atom is -0.436 e. The van der Waals surface area contributed by atoms with Crippen LogP contribution < -0.4 is 4.90 Å². The third-order valence-electron chi connectivity index (χ3n) is 10.2. The van der Waals surface area contributed by atoms with E-state index in [1.165, 1.54) is 42.0 Å². The normalized spacial score (nSPS) is 11.8. The lowest BCUT2D eigenvalue weighted by molar-refractivity contribution is 0.620. The van der Waals surface area contributed by atoms with Crippen LogP contribution in [0.15, 0.2) is 180 Å². The van der Waals surface area contributed by atoms with Crippen LogP contribution in [-0.2, 0) is 0 Å². The zero-order valence-electron chi connectivity index (χ0n) is 27.9. The van der Waals surface area contributed by atoms with Crippen molar-refractivity contribution in [1.29, 1.82) is 0 Å². The van der Waals surface area contributed by atoms with E-state index in [2.05, 4.69) is 149 Å². The average molecular weight is 684 g/mol. The Hall–Kier alpha value is -6.69. The van der Waals surface area contributed by atoms with Gasteiger partial charge in [0.05, 0.1) is 11.0 Å². The summed E-state index contributed by atoms with van der Waals surface area (Å²) in [6.07, 6.45) is 0. The van der Waals surface area contributed by atoms with Crippen molar-refractivity contribution < 1.29 is 4.42 Å². The first-order valence-corrected chi connectivity index (χ1v) is 18.3. The number of hydrogen-bond donors (Lipinski definition) is 0. The number of aromatic nitrogens is 2. The predicted molar refractivity (Wildman–Crippen MR) is 219 cm³/mol. The van der Waals surface area contributed by atoms with E-state index in [1.807, 2.05) is 47.7 Å². The summed E-state index contributed by atoms with van der Waals surface area (Å²) in [5.74, 6) is 0.633. The van der Waals surface area contributed by atoms with Crippen LogP contribution in [0.1, 0.15) is 0 Å². The molecule has 0 aliphatic carbocycles. The van der Waals surface area contributed by atoms with E-state index in [0.717, 1.165) is 50.2 Å². The molecule has 5 heteroatoms. The average Bonchev–Trinajstić information content (AvgIpc) is 3.90. The summed E-state index contributed by atoms with van der Waals surface area (Å²) in [6.45, 7) is 0. The van der Waals surface area contributed by atoms with Crippen molar-refractivity contribution in [3.63, 3.8) is 0 Å². The number of benzene rings is 8. The molecule has 0 saturated carbocycles. The number of oxazole rings is 1. The number of fused-ring (bicyclic) bond motifs is 9. The van der Waals surface area contributed by atoms with Gasteiger partial charge in [-0.2, -0.15) is 0 Å². The van der Waals surface area contributed by atoms with Gasteiger partial charge < -0.3 is 13.9 Å². The fraction of sp³-hybridized carbons (Fsp3) is 0. The summed E-state index contributed by atoms with van der Waals surface area (Å²) in [4.78, 5) is 7.35. The van der Waals surface area contributed by atoms with Crippen LogP contribution in [-0.4, -0.2) is 9.55 Å². The van der Waals surface area contributed by atoms with Crippen LogP contribution in [0.5, 0.6) is 0 Å². The second-order valence-electron chi connectivity index (χ2n) is 13.2. The molecule has 0 unspecified atom stereocenters. The molecule has 0 spiro atoms. The summed E-state index contributed by atoms with van der Waals surface area (Å²) >= 11 is 1.84. The molecule has 4 nitrogen and oxygen atoms in total. The number of para-hydroxylation sites is 2. The minimum atomic E-state index is 0.633. The van der Waals surface area contributed by atoms with Crippen LogP contribution in [0.3, 0.4) is 0 Å². The van der Waals surface area contributed by atoms with Crippen molar-refractivity contribution in [3.05, 3.63) is 176 Å². The Labute approximate surface area is 303 Å². The Morgan fingerprint density at radius 1 is 0.481 bits per heavy atom. The second kappa shape index (κ2) is 11.4. The smallest absolute Gasteiger partial charge is 0.227 e. The summed E-state index contributed by atoms with van der Waals surface area (Å²) in [7, 11) is 0. The number of hydrogen-bond acceptors (Lipinski definition) is 4. The summed E-state index contributed by atoms with van der Waals surface area (Å²) in [5, 5.41) is 7.19. The lowest BCUT2D eigenvalue weighted by atomic mass is 10.1. The first-order chi connectivity index (χ1) is 25.8. The van der Waals surface area contributed by atoms with E-state index >= 15 is 0 Å². The molecule has 0 amide bonds. The molecule has 0 fully saturated rings. The first kappa shape index (κ1) is 29.1.